The van der Waals surface area contributed by atoms with Crippen LogP contribution in [0, 0.1) is 0 Å². The fourth-order valence-electron chi connectivity index (χ4n) is 10.8. The molecule has 0 radical (unpaired) electrons. The Balaban J connectivity index is 0.820. The summed E-state index contributed by atoms with van der Waals surface area (Å²) in [4.78, 5) is 16.0. The van der Waals surface area contributed by atoms with Crippen LogP contribution in [0.25, 0.3) is 55.0 Å². The van der Waals surface area contributed by atoms with Crippen LogP contribution in [-0.2, 0) is 19.3 Å². The monoisotopic (exact) mass is 848 g/mol. The van der Waals surface area contributed by atoms with Crippen LogP contribution >= 0.6 is 0 Å². The molecule has 11 aromatic rings. The van der Waals surface area contributed by atoms with Crippen molar-refractivity contribution in [2.24, 2.45) is 4.99 Å². The van der Waals surface area contributed by atoms with E-state index >= 15 is 0 Å². The number of aromatic nitrogens is 4. The molecule has 6 heteroatoms. The lowest BCUT2D eigenvalue weighted by molar-refractivity contribution is 0.787. The molecule has 0 aliphatic carbocycles. The maximum atomic E-state index is 4.55. The van der Waals surface area contributed by atoms with E-state index in [0.29, 0.717) is 5.92 Å². The van der Waals surface area contributed by atoms with Gasteiger partial charge in [-0.05, 0) is 125 Å². The third-order valence-electron chi connectivity index (χ3n) is 13.7. The van der Waals surface area contributed by atoms with Crippen molar-refractivity contribution >= 4 is 61.2 Å². The minimum atomic E-state index is 0.179. The van der Waals surface area contributed by atoms with Gasteiger partial charge in [0.05, 0.1) is 40.5 Å². The zero-order chi connectivity index (χ0) is 43.6. The summed E-state index contributed by atoms with van der Waals surface area (Å²) in [6.45, 7) is 0. The molecule has 6 heterocycles. The predicted octanol–water partition coefficient (Wildman–Crippen LogP) is 13.6. The van der Waals surface area contributed by atoms with Crippen molar-refractivity contribution in [1.29, 1.82) is 0 Å². The van der Waals surface area contributed by atoms with E-state index in [1.165, 1.54) is 82.9 Å². The van der Waals surface area contributed by atoms with E-state index in [2.05, 4.69) is 217 Å². The summed E-state index contributed by atoms with van der Waals surface area (Å²) in [5, 5.41) is 4.91. The predicted molar refractivity (Wildman–Crippen MR) is 271 cm³/mol. The first-order valence-corrected chi connectivity index (χ1v) is 22.8. The topological polar surface area (TPSA) is 51.2 Å². The Morgan fingerprint density at radius 3 is 1.39 bits per heavy atom. The second kappa shape index (κ2) is 15.7. The van der Waals surface area contributed by atoms with Crippen LogP contribution in [0.4, 0.5) is 11.4 Å². The number of rotatable bonds is 9. The highest BCUT2D eigenvalue weighted by molar-refractivity contribution is 6.09. The Morgan fingerprint density at radius 2 is 0.864 bits per heavy atom. The van der Waals surface area contributed by atoms with Crippen molar-refractivity contribution in [1.82, 2.24) is 19.1 Å². The van der Waals surface area contributed by atoms with Crippen molar-refractivity contribution in [3.63, 3.8) is 0 Å². The Hall–Kier alpha value is -8.35. The molecule has 2 aliphatic heterocycles. The molecule has 6 nitrogen and oxygen atoms in total. The van der Waals surface area contributed by atoms with E-state index in [1.54, 1.807) is 0 Å². The average Bonchev–Trinajstić information content (AvgIpc) is 4.01. The maximum absolute atomic E-state index is 4.55. The lowest BCUT2D eigenvalue weighted by atomic mass is 9.93. The molecule has 2 atom stereocenters. The number of para-hydroxylation sites is 3. The molecular formula is C60H44N6. The van der Waals surface area contributed by atoms with E-state index in [1.807, 2.05) is 31.0 Å². The molecule has 2 unspecified atom stereocenters. The van der Waals surface area contributed by atoms with Crippen LogP contribution < -0.4 is 4.90 Å². The Bertz CT molecular complexity index is 3400. The van der Waals surface area contributed by atoms with Gasteiger partial charge in [0.1, 0.15) is 0 Å². The standard InChI is InChI=1S/C60H44N6/c1-4-10-55-49(7-1)52-25-28-61-37-58(52)64(55)46-19-13-40(14-20-46)31-43-34-44(32-41-15-21-47(22-16-41)65-56-11-5-2-8-50(56)53-26-29-62-38-59(53)65)36-45(35-43)33-42-17-23-48(24-18-42)66-57-12-6-3-9-51(57)54-27-30-63-39-60(54)66/h1-30,34-39,52,58H,31-33H2. The fraction of sp³-hybridized carbons (Fsp3) is 0.0833. The minimum absolute atomic E-state index is 0.179. The van der Waals surface area contributed by atoms with Gasteiger partial charge in [0, 0.05) is 75.0 Å². The third kappa shape index (κ3) is 6.52. The van der Waals surface area contributed by atoms with Gasteiger partial charge in [-0.1, -0.05) is 115 Å². The Labute approximate surface area is 383 Å². The number of hydrogen-bond acceptors (Lipinski definition) is 4. The first-order valence-electron chi connectivity index (χ1n) is 22.8. The lowest BCUT2D eigenvalue weighted by Gasteiger charge is -2.28. The molecule has 66 heavy (non-hydrogen) atoms. The molecule has 0 saturated heterocycles. The van der Waals surface area contributed by atoms with Gasteiger partial charge in [-0.2, -0.15) is 0 Å². The summed E-state index contributed by atoms with van der Waals surface area (Å²) >= 11 is 0. The zero-order valence-electron chi connectivity index (χ0n) is 36.2. The summed E-state index contributed by atoms with van der Waals surface area (Å²) in [6, 6.07) is 65.0. The second-order valence-corrected chi connectivity index (χ2v) is 17.8. The zero-order valence-corrected chi connectivity index (χ0v) is 36.2. The van der Waals surface area contributed by atoms with E-state index in [9.17, 15) is 0 Å². The van der Waals surface area contributed by atoms with E-state index in [-0.39, 0.29) is 6.04 Å². The van der Waals surface area contributed by atoms with Gasteiger partial charge in [0.15, 0.2) is 0 Å². The molecule has 0 fully saturated rings. The summed E-state index contributed by atoms with van der Waals surface area (Å²) < 4.78 is 4.66. The van der Waals surface area contributed by atoms with Gasteiger partial charge in [0.2, 0.25) is 0 Å². The number of fused-ring (bicyclic) bond motifs is 9. The first-order chi connectivity index (χ1) is 32.7. The number of pyridine rings is 2. The normalized spacial score (nSPS) is 15.3. The smallest absolute Gasteiger partial charge is 0.0797 e. The quantitative estimate of drug-likeness (QED) is 0.145. The molecule has 314 valence electrons. The maximum Gasteiger partial charge on any atom is 0.0797 e. The van der Waals surface area contributed by atoms with Crippen LogP contribution in [0.1, 0.15) is 44.9 Å². The van der Waals surface area contributed by atoms with Gasteiger partial charge in [-0.3, -0.25) is 15.0 Å². The van der Waals surface area contributed by atoms with Crippen LogP contribution in [0.2, 0.25) is 0 Å². The number of aliphatic imine (C=N–C) groups is 1. The summed E-state index contributed by atoms with van der Waals surface area (Å²) in [5.74, 6) is 0.309. The van der Waals surface area contributed by atoms with Crippen LogP contribution in [0.5, 0.6) is 0 Å². The second-order valence-electron chi connectivity index (χ2n) is 17.8. The number of hydrogen-bond donors (Lipinski definition) is 0. The Morgan fingerprint density at radius 1 is 0.409 bits per heavy atom. The minimum Gasteiger partial charge on any atom is -0.332 e. The highest BCUT2D eigenvalue weighted by Gasteiger charge is 2.37. The van der Waals surface area contributed by atoms with Crippen molar-refractivity contribution in [2.45, 2.75) is 31.2 Å². The van der Waals surface area contributed by atoms with Gasteiger partial charge in [-0.15, -0.1) is 0 Å². The van der Waals surface area contributed by atoms with Crippen molar-refractivity contribution in [3.05, 3.63) is 252 Å². The fourth-order valence-corrected chi connectivity index (χ4v) is 10.8. The molecule has 0 saturated carbocycles. The van der Waals surface area contributed by atoms with Crippen molar-refractivity contribution < 1.29 is 0 Å². The Kier molecular flexibility index (Phi) is 9.08. The van der Waals surface area contributed by atoms with E-state index < -0.39 is 0 Å². The summed E-state index contributed by atoms with van der Waals surface area (Å²) in [5.41, 5.74) is 18.5. The highest BCUT2D eigenvalue weighted by atomic mass is 15.2. The summed E-state index contributed by atoms with van der Waals surface area (Å²) in [6.07, 6.45) is 16.5. The number of anilines is 2. The molecular weight excluding hydrogens is 805 g/mol. The molecule has 0 spiro atoms. The number of nitrogens with zero attached hydrogens (tertiary/aromatic N) is 6. The molecule has 7 aromatic carbocycles. The van der Waals surface area contributed by atoms with Gasteiger partial charge in [-0.25, -0.2) is 0 Å². The molecule has 13 rings (SSSR count). The van der Waals surface area contributed by atoms with Crippen molar-refractivity contribution in [2.75, 3.05) is 4.90 Å². The lowest BCUT2D eigenvalue weighted by Crippen LogP contribution is -2.32. The highest BCUT2D eigenvalue weighted by Crippen LogP contribution is 2.46. The largest absolute Gasteiger partial charge is 0.332 e. The van der Waals surface area contributed by atoms with Gasteiger partial charge < -0.3 is 14.0 Å². The first kappa shape index (κ1) is 38.1. The van der Waals surface area contributed by atoms with E-state index in [4.69, 9.17) is 0 Å². The summed E-state index contributed by atoms with van der Waals surface area (Å²) in [7, 11) is 0. The average molecular weight is 849 g/mol. The van der Waals surface area contributed by atoms with Crippen molar-refractivity contribution in [3.8, 4) is 11.4 Å². The third-order valence-corrected chi connectivity index (χ3v) is 13.7. The molecule has 0 N–H and O–H groups in total. The van der Waals surface area contributed by atoms with Crippen LogP contribution in [-0.4, -0.2) is 31.4 Å². The SMILES string of the molecule is C1=CC2c3ccccc3N(c3ccc(Cc4cc(Cc5ccc(-n6c7ccccc7c7ccncc76)cc5)cc(Cc5ccc(-n6c7ccccc7c7ccncc76)cc5)c4)cc3)C2C=N1. The molecule has 0 amide bonds. The molecule has 4 aromatic heterocycles. The molecule has 0 bridgehead atoms. The van der Waals surface area contributed by atoms with Gasteiger partial charge in [0.25, 0.3) is 0 Å². The molecule has 2 aliphatic rings. The van der Waals surface area contributed by atoms with Crippen LogP contribution in [0.3, 0.4) is 0 Å². The van der Waals surface area contributed by atoms with E-state index in [0.717, 1.165) is 41.7 Å². The number of benzene rings is 7. The van der Waals surface area contributed by atoms with Crippen LogP contribution in [0.15, 0.2) is 218 Å². The van der Waals surface area contributed by atoms with Gasteiger partial charge >= 0.3 is 0 Å².